The normalized spacial score (nSPS) is 8.71. The molecule has 0 aromatic carbocycles. The molecule has 0 bridgehead atoms. The van der Waals surface area contributed by atoms with Crippen molar-refractivity contribution in [2.45, 2.75) is 13.3 Å². The minimum Gasteiger partial charge on any atom is -0.354 e. The lowest BCUT2D eigenvalue weighted by Gasteiger charge is -2.10. The van der Waals surface area contributed by atoms with Crippen LogP contribution in [0.3, 0.4) is 0 Å². The molecule has 0 aliphatic carbocycles. The third-order valence-corrected chi connectivity index (χ3v) is 2.28. The first kappa shape index (κ1) is 15.5. The second kappa shape index (κ2) is 8.60. The van der Waals surface area contributed by atoms with Gasteiger partial charge in [-0.05, 0) is 24.4 Å². The van der Waals surface area contributed by atoms with Crippen LogP contribution in [0.4, 0.5) is 0 Å². The third-order valence-electron chi connectivity index (χ3n) is 1.80. The Hall–Kier alpha value is -1.53. The number of carbonyl (C=O) groups is 1. The van der Waals surface area contributed by atoms with Crippen LogP contribution in [-0.2, 0) is 0 Å². The maximum atomic E-state index is 11.0. The molecule has 1 aromatic heterocycles. The molecule has 0 aliphatic rings. The minimum absolute atomic E-state index is 0.0978. The Labute approximate surface area is 107 Å². The second-order valence-corrected chi connectivity index (χ2v) is 3.72. The zero-order valence-corrected chi connectivity index (χ0v) is 11.1. The van der Waals surface area contributed by atoms with Crippen LogP contribution in [0.25, 0.3) is 0 Å². The van der Waals surface area contributed by atoms with E-state index in [1.165, 1.54) is 0 Å². The second-order valence-electron chi connectivity index (χ2n) is 3.34. The molecule has 0 aliphatic heterocycles. The van der Waals surface area contributed by atoms with Crippen LogP contribution in [0, 0.1) is 0 Å². The first-order valence-electron chi connectivity index (χ1n) is 5.15. The molecule has 94 valence electrons. The molecule has 0 saturated carbocycles. The van der Waals surface area contributed by atoms with Gasteiger partial charge in [0.25, 0.3) is 0 Å². The highest BCUT2D eigenvalue weighted by atomic mass is 32.1. The van der Waals surface area contributed by atoms with Crippen molar-refractivity contribution in [3.05, 3.63) is 30.1 Å². The monoisotopic (exact) mass is 254 g/mol. The summed E-state index contributed by atoms with van der Waals surface area (Å²) in [5.74, 6) is 5.04. The van der Waals surface area contributed by atoms with E-state index in [0.29, 0.717) is 17.2 Å². The summed E-state index contributed by atoms with van der Waals surface area (Å²) in [5, 5.41) is 0.542. The number of aromatic nitrogens is 1. The van der Waals surface area contributed by atoms with Crippen molar-refractivity contribution in [2.24, 2.45) is 5.84 Å². The molecular weight excluding hydrogens is 236 g/mol. The lowest BCUT2D eigenvalue weighted by molar-refractivity contribution is 0.0983. The van der Waals surface area contributed by atoms with E-state index in [9.17, 15) is 4.79 Å². The zero-order valence-electron chi connectivity index (χ0n) is 10.3. The number of nitrogens with two attached hydrogens (primary N) is 1. The number of Topliss-reactive ketones (excluding diaryl/α,β-unsaturated/α-hetero) is 1. The Morgan fingerprint density at radius 3 is 2.47 bits per heavy atom. The van der Waals surface area contributed by atoms with Crippen LogP contribution in [0.5, 0.6) is 0 Å². The fourth-order valence-corrected chi connectivity index (χ4v) is 0.838. The molecule has 1 rings (SSSR count). The molecule has 6 heteroatoms. The van der Waals surface area contributed by atoms with Crippen molar-refractivity contribution in [3.8, 4) is 0 Å². The van der Waals surface area contributed by atoms with Crippen LogP contribution in [0.2, 0.25) is 0 Å². The Morgan fingerprint density at radius 1 is 1.53 bits per heavy atom. The molecule has 0 amide bonds. The van der Waals surface area contributed by atoms with Gasteiger partial charge in [0.2, 0.25) is 0 Å². The molecule has 17 heavy (non-hydrogen) atoms. The van der Waals surface area contributed by atoms with Crippen molar-refractivity contribution in [2.75, 3.05) is 14.1 Å². The number of nitrogens with one attached hydrogen (secondary N) is 1. The highest BCUT2D eigenvalue weighted by molar-refractivity contribution is 7.80. The fraction of sp³-hybridized carbons (Fsp3) is 0.364. The van der Waals surface area contributed by atoms with E-state index in [2.05, 4.69) is 22.6 Å². The standard InChI is InChI=1S/C8H9NO.C3H9N3S/c1-2-8(10)7-5-3-4-6-9-7;1-6(2)3(7)5-4/h3-6H,2H2,1H3;4H2,1-2H3,(H,5,7). The Bertz CT molecular complexity index is 354. The maximum absolute atomic E-state index is 11.0. The van der Waals surface area contributed by atoms with Gasteiger partial charge in [-0.25, -0.2) is 5.84 Å². The molecule has 0 saturated heterocycles. The summed E-state index contributed by atoms with van der Waals surface area (Å²) in [5.41, 5.74) is 2.88. The highest BCUT2D eigenvalue weighted by Crippen LogP contribution is 1.96. The van der Waals surface area contributed by atoms with Crippen molar-refractivity contribution in [3.63, 3.8) is 0 Å². The molecule has 3 N–H and O–H groups in total. The number of hydrazine groups is 1. The van der Waals surface area contributed by atoms with Gasteiger partial charge in [-0.3, -0.25) is 9.78 Å². The molecule has 0 radical (unpaired) electrons. The van der Waals surface area contributed by atoms with Gasteiger partial charge in [0.1, 0.15) is 5.69 Å². The summed E-state index contributed by atoms with van der Waals surface area (Å²) in [6, 6.07) is 5.34. The van der Waals surface area contributed by atoms with Gasteiger partial charge >= 0.3 is 0 Å². The summed E-state index contributed by atoms with van der Waals surface area (Å²) in [6.45, 7) is 1.83. The Balaban J connectivity index is 0.000000325. The predicted molar refractivity (Wildman–Crippen MR) is 72.5 cm³/mol. The first-order chi connectivity index (χ1) is 8.02. The van der Waals surface area contributed by atoms with Gasteiger partial charge in [0.15, 0.2) is 10.9 Å². The van der Waals surface area contributed by atoms with E-state index in [1.807, 2.05) is 27.1 Å². The van der Waals surface area contributed by atoms with Crippen molar-refractivity contribution in [1.29, 1.82) is 0 Å². The van der Waals surface area contributed by atoms with Crippen LogP contribution >= 0.6 is 12.2 Å². The summed E-state index contributed by atoms with van der Waals surface area (Å²) < 4.78 is 0. The maximum Gasteiger partial charge on any atom is 0.182 e. The predicted octanol–water partition coefficient (Wildman–Crippen LogP) is 0.971. The molecule has 0 fully saturated rings. The zero-order chi connectivity index (χ0) is 13.3. The van der Waals surface area contributed by atoms with Gasteiger partial charge < -0.3 is 10.3 Å². The van der Waals surface area contributed by atoms with Crippen LogP contribution < -0.4 is 11.3 Å². The summed E-state index contributed by atoms with van der Waals surface area (Å²) in [4.78, 5) is 16.6. The molecular formula is C11H18N4OS. The Morgan fingerprint density at radius 2 is 2.18 bits per heavy atom. The molecule has 5 nitrogen and oxygen atoms in total. The number of rotatable bonds is 2. The SMILES string of the molecule is CCC(=O)c1ccccn1.CN(C)C(=S)NN. The van der Waals surface area contributed by atoms with Crippen LogP contribution in [0.1, 0.15) is 23.8 Å². The number of thiocarbonyl (C=S) groups is 1. The summed E-state index contributed by atoms with van der Waals surface area (Å²) in [7, 11) is 3.64. The lowest BCUT2D eigenvalue weighted by atomic mass is 10.2. The number of pyridine rings is 1. The van der Waals surface area contributed by atoms with Gasteiger partial charge in [0, 0.05) is 26.7 Å². The van der Waals surface area contributed by atoms with Gasteiger partial charge in [-0.15, -0.1) is 0 Å². The molecule has 0 spiro atoms. The van der Waals surface area contributed by atoms with E-state index in [4.69, 9.17) is 5.84 Å². The van der Waals surface area contributed by atoms with Crippen molar-refractivity contribution >= 4 is 23.1 Å². The van der Waals surface area contributed by atoms with Gasteiger partial charge in [-0.2, -0.15) is 0 Å². The highest BCUT2D eigenvalue weighted by Gasteiger charge is 2.00. The largest absolute Gasteiger partial charge is 0.354 e. The van der Waals surface area contributed by atoms with E-state index < -0.39 is 0 Å². The molecule has 0 atom stereocenters. The van der Waals surface area contributed by atoms with Gasteiger partial charge in [0.05, 0.1) is 0 Å². The topological polar surface area (TPSA) is 71.2 Å². The summed E-state index contributed by atoms with van der Waals surface area (Å²) in [6.07, 6.45) is 2.15. The van der Waals surface area contributed by atoms with Crippen molar-refractivity contribution in [1.82, 2.24) is 15.3 Å². The molecule has 0 unspecified atom stereocenters. The van der Waals surface area contributed by atoms with E-state index in [-0.39, 0.29) is 5.78 Å². The molecule has 1 heterocycles. The van der Waals surface area contributed by atoms with E-state index in [0.717, 1.165) is 0 Å². The average molecular weight is 254 g/mol. The van der Waals surface area contributed by atoms with Crippen molar-refractivity contribution < 1.29 is 4.79 Å². The number of carbonyl (C=O) groups excluding carboxylic acids is 1. The number of nitrogens with zero attached hydrogens (tertiary/aromatic N) is 2. The quantitative estimate of drug-likeness (QED) is 0.355. The van der Waals surface area contributed by atoms with Crippen LogP contribution in [0.15, 0.2) is 24.4 Å². The smallest absolute Gasteiger partial charge is 0.182 e. The number of ketones is 1. The fourth-order valence-electron chi connectivity index (χ4n) is 0.838. The lowest BCUT2D eigenvalue weighted by Crippen LogP contribution is -2.38. The molecule has 1 aromatic rings. The number of hydrogen-bond acceptors (Lipinski definition) is 4. The van der Waals surface area contributed by atoms with E-state index in [1.54, 1.807) is 23.2 Å². The minimum atomic E-state index is 0.0978. The third kappa shape index (κ3) is 6.60. The van der Waals surface area contributed by atoms with E-state index >= 15 is 0 Å². The average Bonchev–Trinajstić information content (AvgIpc) is 2.38. The van der Waals surface area contributed by atoms with Gasteiger partial charge in [-0.1, -0.05) is 13.0 Å². The Kier molecular flexibility index (Phi) is 7.83. The first-order valence-corrected chi connectivity index (χ1v) is 5.55. The van der Waals surface area contributed by atoms with Crippen LogP contribution in [-0.4, -0.2) is 34.9 Å². The summed E-state index contributed by atoms with van der Waals surface area (Å²) >= 11 is 4.67. The number of hydrogen-bond donors (Lipinski definition) is 2.